The first kappa shape index (κ1) is 10.9. The van der Waals surface area contributed by atoms with Crippen molar-refractivity contribution in [3.8, 4) is 0 Å². The van der Waals surface area contributed by atoms with Crippen LogP contribution in [0.4, 0.5) is 4.39 Å². The van der Waals surface area contributed by atoms with E-state index in [1.807, 2.05) is 0 Å². The van der Waals surface area contributed by atoms with Gasteiger partial charge in [0.2, 0.25) is 0 Å². The molecule has 2 nitrogen and oxygen atoms in total. The van der Waals surface area contributed by atoms with E-state index < -0.39 is 5.83 Å². The van der Waals surface area contributed by atoms with Crippen LogP contribution < -0.4 is 0 Å². The van der Waals surface area contributed by atoms with E-state index in [4.69, 9.17) is 16.3 Å². The van der Waals surface area contributed by atoms with E-state index in [0.717, 1.165) is 11.6 Å². The molecule has 0 N–H and O–H groups in total. The number of halogens is 2. The van der Waals surface area contributed by atoms with Gasteiger partial charge in [-0.05, 0) is 6.08 Å². The lowest BCUT2D eigenvalue weighted by molar-refractivity contribution is -0.110. The lowest BCUT2D eigenvalue weighted by atomic mass is 10.4. The zero-order chi connectivity index (χ0) is 9.40. The van der Waals surface area contributed by atoms with E-state index in [2.05, 4.69) is 6.58 Å². The molecule has 0 aromatic carbocycles. The third-order valence-corrected chi connectivity index (χ3v) is 1.11. The van der Waals surface area contributed by atoms with E-state index in [1.54, 1.807) is 0 Å². The first-order chi connectivity index (χ1) is 5.74. The van der Waals surface area contributed by atoms with Crippen molar-refractivity contribution in [1.82, 2.24) is 0 Å². The lowest BCUT2D eigenvalue weighted by Gasteiger charge is -2.00. The molecule has 0 aliphatic rings. The monoisotopic (exact) mass is 190 g/mol. The van der Waals surface area contributed by atoms with Gasteiger partial charge < -0.3 is 4.74 Å². The highest BCUT2D eigenvalue weighted by atomic mass is 35.5. The van der Waals surface area contributed by atoms with Crippen LogP contribution in [0.15, 0.2) is 35.9 Å². The maximum Gasteiger partial charge on any atom is 0.157 e. The van der Waals surface area contributed by atoms with Gasteiger partial charge in [0.25, 0.3) is 0 Å². The third-order valence-electron chi connectivity index (χ3n) is 0.904. The molecule has 0 bridgehead atoms. The summed E-state index contributed by atoms with van der Waals surface area (Å²) in [5, 5.41) is 0. The molecule has 0 fully saturated rings. The molecule has 0 amide bonds. The Hall–Kier alpha value is -1.09. The zero-order valence-corrected chi connectivity index (χ0v) is 7.05. The Morgan fingerprint density at radius 3 is 2.75 bits per heavy atom. The Bertz CT molecular complexity index is 221. The summed E-state index contributed by atoms with van der Waals surface area (Å²) in [6.45, 7) is 3.22. The molecule has 0 spiro atoms. The van der Waals surface area contributed by atoms with Gasteiger partial charge in [0.15, 0.2) is 6.29 Å². The third kappa shape index (κ3) is 4.68. The fourth-order valence-corrected chi connectivity index (χ4v) is 0.520. The van der Waals surface area contributed by atoms with Crippen molar-refractivity contribution in [3.63, 3.8) is 0 Å². The van der Waals surface area contributed by atoms with E-state index in [9.17, 15) is 9.18 Å². The van der Waals surface area contributed by atoms with Crippen molar-refractivity contribution in [2.45, 2.75) is 0 Å². The van der Waals surface area contributed by atoms with Crippen molar-refractivity contribution in [2.24, 2.45) is 0 Å². The molecule has 0 atom stereocenters. The molecule has 0 aliphatic carbocycles. The SMILES string of the molecule is C=C/C(=C\C(F)=C\Cl)OCC=O. The van der Waals surface area contributed by atoms with Gasteiger partial charge >= 0.3 is 0 Å². The molecule has 0 rings (SSSR count). The van der Waals surface area contributed by atoms with Gasteiger partial charge in [-0.15, -0.1) is 0 Å². The predicted octanol–water partition coefficient (Wildman–Crippen LogP) is 2.32. The minimum Gasteiger partial charge on any atom is -0.486 e. The summed E-state index contributed by atoms with van der Waals surface area (Å²) in [5.74, 6) is -0.492. The number of aldehydes is 1. The molecule has 0 saturated heterocycles. The summed E-state index contributed by atoms with van der Waals surface area (Å²) in [7, 11) is 0. The molecule has 0 heterocycles. The van der Waals surface area contributed by atoms with Crippen molar-refractivity contribution >= 4 is 17.9 Å². The molecular weight excluding hydrogens is 183 g/mol. The fraction of sp³-hybridized carbons (Fsp3) is 0.125. The maximum atomic E-state index is 12.4. The Labute approximate surface area is 75.0 Å². The van der Waals surface area contributed by atoms with Crippen molar-refractivity contribution < 1.29 is 13.9 Å². The average molecular weight is 191 g/mol. The second kappa shape index (κ2) is 6.61. The predicted molar refractivity (Wildman–Crippen MR) is 45.3 cm³/mol. The molecule has 0 unspecified atom stereocenters. The van der Waals surface area contributed by atoms with Crippen LogP contribution in [0.2, 0.25) is 0 Å². The Morgan fingerprint density at radius 2 is 2.33 bits per heavy atom. The van der Waals surface area contributed by atoms with Crippen LogP contribution in [0, 0.1) is 0 Å². The Kier molecular flexibility index (Phi) is 6.01. The molecule has 0 radical (unpaired) electrons. The Morgan fingerprint density at radius 1 is 1.67 bits per heavy atom. The summed E-state index contributed by atoms with van der Waals surface area (Å²) in [4.78, 5) is 9.86. The molecule has 0 aromatic rings. The van der Waals surface area contributed by atoms with Crippen LogP contribution in [0.3, 0.4) is 0 Å². The summed E-state index contributed by atoms with van der Waals surface area (Å²) < 4.78 is 17.2. The van der Waals surface area contributed by atoms with Crippen LogP contribution in [0.25, 0.3) is 0 Å². The second-order valence-electron chi connectivity index (χ2n) is 1.72. The van der Waals surface area contributed by atoms with Crippen LogP contribution >= 0.6 is 11.6 Å². The highest BCUT2D eigenvalue weighted by Crippen LogP contribution is 2.07. The number of ether oxygens (including phenoxy) is 1. The van der Waals surface area contributed by atoms with Gasteiger partial charge in [-0.1, -0.05) is 18.2 Å². The second-order valence-corrected chi connectivity index (χ2v) is 1.94. The molecule has 0 saturated carbocycles. The summed E-state index contributed by atoms with van der Waals surface area (Å²) >= 11 is 5.05. The van der Waals surface area contributed by atoms with Gasteiger partial charge in [0.05, 0.1) is 0 Å². The Balaban J connectivity index is 4.22. The molecule has 0 aromatic heterocycles. The fourth-order valence-electron chi connectivity index (χ4n) is 0.457. The normalized spacial score (nSPS) is 12.5. The minimum atomic E-state index is -0.655. The first-order valence-corrected chi connectivity index (χ1v) is 3.54. The molecule has 12 heavy (non-hydrogen) atoms. The smallest absolute Gasteiger partial charge is 0.157 e. The molecule has 66 valence electrons. The van der Waals surface area contributed by atoms with Crippen LogP contribution in [0.1, 0.15) is 0 Å². The highest BCUT2D eigenvalue weighted by molar-refractivity contribution is 6.25. The highest BCUT2D eigenvalue weighted by Gasteiger charge is 1.94. The number of hydrogen-bond acceptors (Lipinski definition) is 2. The number of carbonyl (C=O) groups is 1. The quantitative estimate of drug-likeness (QED) is 0.378. The molecule has 0 aliphatic heterocycles. The summed E-state index contributed by atoms with van der Waals surface area (Å²) in [6, 6.07) is 0. The lowest BCUT2D eigenvalue weighted by Crippen LogP contribution is -1.93. The minimum absolute atomic E-state index is 0.132. The summed E-state index contributed by atoms with van der Waals surface area (Å²) in [6.07, 6.45) is 2.87. The topological polar surface area (TPSA) is 26.3 Å². The van der Waals surface area contributed by atoms with Crippen molar-refractivity contribution in [2.75, 3.05) is 6.61 Å². The van der Waals surface area contributed by atoms with E-state index >= 15 is 0 Å². The van der Waals surface area contributed by atoms with Gasteiger partial charge in [-0.3, -0.25) is 4.79 Å². The first-order valence-electron chi connectivity index (χ1n) is 3.11. The number of carbonyl (C=O) groups excluding carboxylic acids is 1. The average Bonchev–Trinajstić information content (AvgIpc) is 2.11. The van der Waals surface area contributed by atoms with Crippen molar-refractivity contribution in [3.05, 3.63) is 35.9 Å². The van der Waals surface area contributed by atoms with E-state index in [1.165, 1.54) is 6.08 Å². The molecule has 4 heteroatoms. The van der Waals surface area contributed by atoms with Gasteiger partial charge in [0, 0.05) is 11.6 Å². The van der Waals surface area contributed by atoms with Crippen molar-refractivity contribution in [1.29, 1.82) is 0 Å². The van der Waals surface area contributed by atoms with Crippen LogP contribution in [-0.2, 0) is 9.53 Å². The number of hydrogen-bond donors (Lipinski definition) is 0. The number of allylic oxidation sites excluding steroid dienone is 3. The number of rotatable bonds is 5. The van der Waals surface area contributed by atoms with E-state index in [-0.39, 0.29) is 12.4 Å². The zero-order valence-electron chi connectivity index (χ0n) is 6.30. The standard InChI is InChI=1S/C8H8ClFO2/c1-2-8(12-4-3-11)5-7(10)6-9/h2-3,5-6H,1,4H2/b7-6-,8-5+. The largest absolute Gasteiger partial charge is 0.486 e. The van der Waals surface area contributed by atoms with Gasteiger partial charge in [-0.2, -0.15) is 0 Å². The van der Waals surface area contributed by atoms with Crippen LogP contribution in [-0.4, -0.2) is 12.9 Å². The van der Waals surface area contributed by atoms with Gasteiger partial charge in [0.1, 0.15) is 18.2 Å². The maximum absolute atomic E-state index is 12.4. The van der Waals surface area contributed by atoms with Crippen LogP contribution in [0.5, 0.6) is 0 Å². The summed E-state index contributed by atoms with van der Waals surface area (Å²) in [5.41, 5.74) is 0.758. The van der Waals surface area contributed by atoms with E-state index in [0.29, 0.717) is 6.29 Å². The molecular formula is C8H8ClFO2. The van der Waals surface area contributed by atoms with Gasteiger partial charge in [-0.25, -0.2) is 4.39 Å².